The molecule has 24 heavy (non-hydrogen) atoms. The lowest BCUT2D eigenvalue weighted by molar-refractivity contribution is 0.0627. The SMILES string of the molecule is Cc1nn(C)cc1C(=O)N1CCN(Cc2ccc(Cl)cc2Cl)CC1. The number of benzene rings is 1. The number of halogens is 2. The summed E-state index contributed by atoms with van der Waals surface area (Å²) >= 11 is 12.2. The second kappa shape index (κ2) is 7.13. The summed E-state index contributed by atoms with van der Waals surface area (Å²) in [5.74, 6) is 0.0600. The monoisotopic (exact) mass is 366 g/mol. The Morgan fingerprint density at radius 1 is 1.21 bits per heavy atom. The van der Waals surface area contributed by atoms with Gasteiger partial charge in [-0.15, -0.1) is 0 Å². The fourth-order valence-electron chi connectivity index (χ4n) is 2.98. The number of hydrogen-bond acceptors (Lipinski definition) is 3. The summed E-state index contributed by atoms with van der Waals surface area (Å²) in [5, 5.41) is 5.58. The van der Waals surface area contributed by atoms with Gasteiger partial charge in [-0.3, -0.25) is 14.4 Å². The topological polar surface area (TPSA) is 41.4 Å². The van der Waals surface area contributed by atoms with Gasteiger partial charge in [-0.05, 0) is 24.6 Å². The van der Waals surface area contributed by atoms with Crippen molar-refractivity contribution in [2.45, 2.75) is 13.5 Å². The highest BCUT2D eigenvalue weighted by atomic mass is 35.5. The van der Waals surface area contributed by atoms with Gasteiger partial charge in [-0.25, -0.2) is 0 Å². The molecule has 1 aliphatic rings. The highest BCUT2D eigenvalue weighted by Gasteiger charge is 2.24. The van der Waals surface area contributed by atoms with Crippen molar-refractivity contribution < 1.29 is 4.79 Å². The number of hydrogen-bond donors (Lipinski definition) is 0. The zero-order valence-electron chi connectivity index (χ0n) is 13.8. The molecule has 1 aliphatic heterocycles. The van der Waals surface area contributed by atoms with E-state index in [9.17, 15) is 4.79 Å². The molecular weight excluding hydrogens is 347 g/mol. The lowest BCUT2D eigenvalue weighted by Gasteiger charge is -2.34. The maximum Gasteiger partial charge on any atom is 0.257 e. The molecule has 0 N–H and O–H groups in total. The van der Waals surface area contributed by atoms with Crippen molar-refractivity contribution in [1.29, 1.82) is 0 Å². The molecule has 0 radical (unpaired) electrons. The van der Waals surface area contributed by atoms with Gasteiger partial charge in [0.2, 0.25) is 0 Å². The Morgan fingerprint density at radius 3 is 2.50 bits per heavy atom. The number of aromatic nitrogens is 2. The van der Waals surface area contributed by atoms with E-state index < -0.39 is 0 Å². The van der Waals surface area contributed by atoms with E-state index in [1.807, 2.05) is 31.0 Å². The molecule has 7 heteroatoms. The number of carbonyl (C=O) groups is 1. The zero-order valence-corrected chi connectivity index (χ0v) is 15.3. The van der Waals surface area contributed by atoms with E-state index in [0.717, 1.165) is 30.9 Å². The third-order valence-corrected chi connectivity index (χ3v) is 4.90. The predicted molar refractivity (Wildman–Crippen MR) is 95.6 cm³/mol. The minimum absolute atomic E-state index is 0.0600. The van der Waals surface area contributed by atoms with Crippen LogP contribution in [-0.2, 0) is 13.6 Å². The first-order valence-corrected chi connectivity index (χ1v) is 8.65. The largest absolute Gasteiger partial charge is 0.336 e. The second-order valence-corrected chi connectivity index (χ2v) is 6.95. The Labute approximate surface area is 151 Å². The van der Waals surface area contributed by atoms with Crippen LogP contribution in [0.5, 0.6) is 0 Å². The Bertz CT molecular complexity index is 751. The first kappa shape index (κ1) is 17.3. The van der Waals surface area contributed by atoms with Crippen LogP contribution in [0.1, 0.15) is 21.6 Å². The summed E-state index contributed by atoms with van der Waals surface area (Å²) < 4.78 is 1.68. The summed E-state index contributed by atoms with van der Waals surface area (Å²) in [6.07, 6.45) is 1.79. The molecule has 5 nitrogen and oxygen atoms in total. The van der Waals surface area contributed by atoms with Crippen molar-refractivity contribution in [2.24, 2.45) is 7.05 Å². The van der Waals surface area contributed by atoms with Crippen LogP contribution >= 0.6 is 23.2 Å². The average Bonchev–Trinajstić information content (AvgIpc) is 2.88. The number of piperazine rings is 1. The van der Waals surface area contributed by atoms with Crippen LogP contribution in [0.15, 0.2) is 24.4 Å². The van der Waals surface area contributed by atoms with Crippen molar-refractivity contribution in [2.75, 3.05) is 26.2 Å². The number of amides is 1. The lowest BCUT2D eigenvalue weighted by Crippen LogP contribution is -2.48. The van der Waals surface area contributed by atoms with Crippen molar-refractivity contribution in [3.8, 4) is 0 Å². The molecule has 0 unspecified atom stereocenters. The molecule has 0 bridgehead atoms. The summed E-state index contributed by atoms with van der Waals surface area (Å²) in [4.78, 5) is 16.8. The quantitative estimate of drug-likeness (QED) is 0.838. The van der Waals surface area contributed by atoms with Crippen molar-refractivity contribution in [3.63, 3.8) is 0 Å². The molecule has 0 saturated carbocycles. The van der Waals surface area contributed by atoms with Gasteiger partial charge in [-0.1, -0.05) is 29.3 Å². The molecule has 0 atom stereocenters. The number of rotatable bonds is 3. The van der Waals surface area contributed by atoms with Gasteiger partial charge >= 0.3 is 0 Å². The van der Waals surface area contributed by atoms with Crippen LogP contribution in [0.4, 0.5) is 0 Å². The third kappa shape index (κ3) is 3.74. The molecule has 0 spiro atoms. The van der Waals surface area contributed by atoms with Gasteiger partial charge in [0.15, 0.2) is 0 Å². The van der Waals surface area contributed by atoms with Gasteiger partial charge in [0, 0.05) is 56.0 Å². The maximum absolute atomic E-state index is 12.6. The minimum atomic E-state index is 0.0600. The second-order valence-electron chi connectivity index (χ2n) is 6.11. The highest BCUT2D eigenvalue weighted by molar-refractivity contribution is 6.35. The van der Waals surface area contributed by atoms with Crippen LogP contribution in [0, 0.1) is 6.92 Å². The molecule has 1 saturated heterocycles. The number of carbonyl (C=O) groups excluding carboxylic acids is 1. The average molecular weight is 367 g/mol. The molecular formula is C17H20Cl2N4O. The van der Waals surface area contributed by atoms with Crippen LogP contribution in [0.3, 0.4) is 0 Å². The summed E-state index contributed by atoms with van der Waals surface area (Å²) in [6.45, 7) is 5.70. The molecule has 0 aliphatic carbocycles. The van der Waals surface area contributed by atoms with E-state index in [2.05, 4.69) is 10.00 Å². The summed E-state index contributed by atoms with van der Waals surface area (Å²) in [5.41, 5.74) is 2.52. The van der Waals surface area contributed by atoms with E-state index in [1.54, 1.807) is 16.9 Å². The van der Waals surface area contributed by atoms with E-state index in [1.165, 1.54) is 0 Å². The fourth-order valence-corrected chi connectivity index (χ4v) is 3.45. The fraction of sp³-hybridized carbons (Fsp3) is 0.412. The van der Waals surface area contributed by atoms with Crippen LogP contribution in [-0.4, -0.2) is 51.7 Å². The van der Waals surface area contributed by atoms with Gasteiger partial charge < -0.3 is 4.90 Å². The lowest BCUT2D eigenvalue weighted by atomic mass is 10.1. The van der Waals surface area contributed by atoms with Crippen molar-refractivity contribution in [1.82, 2.24) is 19.6 Å². The molecule has 1 amide bonds. The molecule has 3 rings (SSSR count). The summed E-state index contributed by atoms with van der Waals surface area (Å²) in [6, 6.07) is 5.58. The Kier molecular flexibility index (Phi) is 5.13. The highest BCUT2D eigenvalue weighted by Crippen LogP contribution is 2.23. The van der Waals surface area contributed by atoms with Crippen molar-refractivity contribution in [3.05, 3.63) is 51.3 Å². The normalized spacial score (nSPS) is 15.8. The van der Waals surface area contributed by atoms with Gasteiger partial charge in [0.05, 0.1) is 11.3 Å². The number of aryl methyl sites for hydroxylation is 2. The van der Waals surface area contributed by atoms with Crippen LogP contribution < -0.4 is 0 Å². The van der Waals surface area contributed by atoms with Crippen LogP contribution in [0.2, 0.25) is 10.0 Å². The van der Waals surface area contributed by atoms with Gasteiger partial charge in [-0.2, -0.15) is 5.10 Å². The molecule has 128 valence electrons. The van der Waals surface area contributed by atoms with Crippen LogP contribution in [0.25, 0.3) is 0 Å². The zero-order chi connectivity index (χ0) is 17.3. The number of nitrogens with zero attached hydrogens (tertiary/aromatic N) is 4. The summed E-state index contributed by atoms with van der Waals surface area (Å²) in [7, 11) is 1.83. The minimum Gasteiger partial charge on any atom is -0.336 e. The first-order chi connectivity index (χ1) is 11.4. The Morgan fingerprint density at radius 2 is 1.92 bits per heavy atom. The molecule has 2 heterocycles. The molecule has 1 aromatic carbocycles. The Balaban J connectivity index is 1.59. The molecule has 1 aromatic heterocycles. The van der Waals surface area contributed by atoms with E-state index in [0.29, 0.717) is 28.7 Å². The Hall–Kier alpha value is -1.56. The van der Waals surface area contributed by atoms with E-state index in [4.69, 9.17) is 23.2 Å². The van der Waals surface area contributed by atoms with E-state index in [-0.39, 0.29) is 5.91 Å². The molecule has 2 aromatic rings. The predicted octanol–water partition coefficient (Wildman–Crippen LogP) is 2.99. The van der Waals surface area contributed by atoms with Gasteiger partial charge in [0.1, 0.15) is 0 Å². The maximum atomic E-state index is 12.6. The molecule has 1 fully saturated rings. The van der Waals surface area contributed by atoms with E-state index >= 15 is 0 Å². The van der Waals surface area contributed by atoms with Gasteiger partial charge in [0.25, 0.3) is 5.91 Å². The third-order valence-electron chi connectivity index (χ3n) is 4.31. The standard InChI is InChI=1S/C17H20Cl2N4O/c1-12-15(11-21(2)20-12)17(24)23-7-5-22(6-8-23)10-13-3-4-14(18)9-16(13)19/h3-4,9,11H,5-8,10H2,1-2H3. The van der Waals surface area contributed by atoms with Crippen molar-refractivity contribution >= 4 is 29.1 Å². The smallest absolute Gasteiger partial charge is 0.257 e. The first-order valence-electron chi connectivity index (χ1n) is 7.90.